The summed E-state index contributed by atoms with van der Waals surface area (Å²) in [5.41, 5.74) is 4.60. The highest BCUT2D eigenvalue weighted by atomic mass is 79.9. The number of benzene rings is 3. The Morgan fingerprint density at radius 1 is 0.692 bits per heavy atom. The normalized spacial score (nSPS) is 10.9. The first-order valence-corrected chi connectivity index (χ1v) is 9.96. The maximum atomic E-state index is 6.82. The van der Waals surface area contributed by atoms with Gasteiger partial charge in [-0.25, -0.2) is 4.68 Å². The minimum atomic E-state index is 0.637. The third-order valence-corrected chi connectivity index (χ3v) is 5.48. The molecule has 4 aromatic rings. The van der Waals surface area contributed by atoms with Gasteiger partial charge >= 0.3 is 0 Å². The van der Waals surface area contributed by atoms with Gasteiger partial charge in [-0.05, 0) is 36.4 Å². The zero-order valence-corrected chi connectivity index (χ0v) is 17.5. The summed E-state index contributed by atoms with van der Waals surface area (Å²) in [6, 6.07) is 26.1. The molecule has 26 heavy (non-hydrogen) atoms. The predicted molar refractivity (Wildman–Crippen MR) is 115 cm³/mol. The van der Waals surface area contributed by atoms with Gasteiger partial charge in [0.1, 0.15) is 5.69 Å². The van der Waals surface area contributed by atoms with Crippen LogP contribution in [0.15, 0.2) is 87.8 Å². The predicted octanol–water partition coefficient (Wildman–Crippen LogP) is 7.38. The Morgan fingerprint density at radius 2 is 1.23 bits per heavy atom. The van der Waals surface area contributed by atoms with E-state index < -0.39 is 0 Å². The average Bonchev–Trinajstić information content (AvgIpc) is 3.01. The zero-order chi connectivity index (χ0) is 18.1. The molecule has 0 N–H and O–H groups in total. The third-order valence-electron chi connectivity index (χ3n) is 4.06. The van der Waals surface area contributed by atoms with E-state index >= 15 is 0 Å². The van der Waals surface area contributed by atoms with Gasteiger partial charge in [0.2, 0.25) is 0 Å². The Hall–Kier alpha value is -1.88. The van der Waals surface area contributed by atoms with Gasteiger partial charge < -0.3 is 0 Å². The Morgan fingerprint density at radius 3 is 1.81 bits per heavy atom. The van der Waals surface area contributed by atoms with Gasteiger partial charge in [0.05, 0.1) is 16.4 Å². The lowest BCUT2D eigenvalue weighted by atomic mass is 10.1. The second-order valence-electron chi connectivity index (χ2n) is 5.77. The lowest BCUT2D eigenvalue weighted by Crippen LogP contribution is -1.99. The molecule has 1 aromatic heterocycles. The van der Waals surface area contributed by atoms with Crippen LogP contribution in [0.25, 0.3) is 28.2 Å². The molecule has 5 heteroatoms. The summed E-state index contributed by atoms with van der Waals surface area (Å²) in [6.45, 7) is 0. The summed E-state index contributed by atoms with van der Waals surface area (Å²) < 4.78 is 3.95. The first-order chi connectivity index (χ1) is 12.6. The molecule has 0 saturated carbocycles. The van der Waals surface area contributed by atoms with Crippen molar-refractivity contribution in [1.29, 1.82) is 0 Å². The molecule has 0 saturated heterocycles. The van der Waals surface area contributed by atoms with E-state index in [0.29, 0.717) is 5.02 Å². The van der Waals surface area contributed by atoms with E-state index in [2.05, 4.69) is 31.9 Å². The van der Waals surface area contributed by atoms with Crippen LogP contribution < -0.4 is 0 Å². The highest BCUT2D eigenvalue weighted by Crippen LogP contribution is 2.38. The Bertz CT molecular complexity index is 1040. The van der Waals surface area contributed by atoms with E-state index in [9.17, 15) is 0 Å². The number of nitrogens with zero attached hydrogens (tertiary/aromatic N) is 2. The monoisotopic (exact) mass is 486 g/mol. The molecular weight excluding hydrogens is 476 g/mol. The van der Waals surface area contributed by atoms with Crippen molar-refractivity contribution in [2.24, 2.45) is 0 Å². The van der Waals surface area contributed by atoms with Gasteiger partial charge in [-0.1, -0.05) is 85.9 Å². The van der Waals surface area contributed by atoms with Crippen molar-refractivity contribution in [3.8, 4) is 28.2 Å². The fraction of sp³-hybridized carbons (Fsp3) is 0. The summed E-state index contributed by atoms with van der Waals surface area (Å²) in [6.07, 6.45) is 0. The lowest BCUT2D eigenvalue weighted by molar-refractivity contribution is 0.892. The summed E-state index contributed by atoms with van der Waals surface area (Å²) in [4.78, 5) is 0. The number of rotatable bonds is 3. The van der Waals surface area contributed by atoms with Crippen LogP contribution in [0, 0.1) is 0 Å². The van der Waals surface area contributed by atoms with Crippen molar-refractivity contribution < 1.29 is 0 Å². The van der Waals surface area contributed by atoms with Crippen molar-refractivity contribution in [2.45, 2.75) is 0 Å². The third kappa shape index (κ3) is 3.37. The molecule has 0 radical (unpaired) electrons. The molecule has 0 fully saturated rings. The van der Waals surface area contributed by atoms with Crippen LogP contribution in [-0.2, 0) is 0 Å². The van der Waals surface area contributed by atoms with Crippen LogP contribution in [0.1, 0.15) is 0 Å². The van der Waals surface area contributed by atoms with Crippen LogP contribution in [0.2, 0.25) is 5.02 Å². The van der Waals surface area contributed by atoms with Crippen molar-refractivity contribution >= 4 is 43.5 Å². The molecule has 1 heterocycles. The summed E-state index contributed by atoms with van der Waals surface area (Å²) in [7, 11) is 0. The van der Waals surface area contributed by atoms with Gasteiger partial charge in [-0.15, -0.1) is 0 Å². The smallest absolute Gasteiger partial charge is 0.112 e. The van der Waals surface area contributed by atoms with E-state index in [-0.39, 0.29) is 0 Å². The van der Waals surface area contributed by atoms with E-state index in [1.807, 2.05) is 83.5 Å². The van der Waals surface area contributed by atoms with Crippen molar-refractivity contribution in [1.82, 2.24) is 9.78 Å². The number of hydrogen-bond acceptors (Lipinski definition) is 1. The summed E-state index contributed by atoms with van der Waals surface area (Å²) >= 11 is 13.8. The molecule has 0 aliphatic rings. The average molecular weight is 489 g/mol. The standard InChI is InChI=1S/C21H13Br2ClN2/c22-16-10-6-14(7-11-16)20-19(24)21(15-8-12-17(23)13-9-15)26(25-20)18-4-2-1-3-5-18/h1-13H. The van der Waals surface area contributed by atoms with Gasteiger partial charge in [0, 0.05) is 20.1 Å². The Labute approximate surface area is 173 Å². The highest BCUT2D eigenvalue weighted by molar-refractivity contribution is 9.10. The molecule has 3 aromatic carbocycles. The van der Waals surface area contributed by atoms with Crippen LogP contribution in [0.3, 0.4) is 0 Å². The molecule has 128 valence electrons. The number of hydrogen-bond donors (Lipinski definition) is 0. The van der Waals surface area contributed by atoms with Gasteiger partial charge in [-0.3, -0.25) is 0 Å². The molecule has 0 unspecified atom stereocenters. The van der Waals surface area contributed by atoms with Crippen molar-refractivity contribution in [3.63, 3.8) is 0 Å². The summed E-state index contributed by atoms with van der Waals surface area (Å²) in [5, 5.41) is 5.47. The number of halogens is 3. The second kappa shape index (κ2) is 7.39. The van der Waals surface area contributed by atoms with Crippen molar-refractivity contribution in [2.75, 3.05) is 0 Å². The molecule has 4 rings (SSSR count). The fourth-order valence-electron chi connectivity index (χ4n) is 2.80. The zero-order valence-electron chi connectivity index (χ0n) is 13.5. The van der Waals surface area contributed by atoms with Gasteiger partial charge in [0.15, 0.2) is 0 Å². The first kappa shape index (κ1) is 17.5. The molecule has 0 atom stereocenters. The number of aromatic nitrogens is 2. The Kier molecular flexibility index (Phi) is 4.98. The topological polar surface area (TPSA) is 17.8 Å². The quantitative estimate of drug-likeness (QED) is 0.294. The van der Waals surface area contributed by atoms with E-state index in [4.69, 9.17) is 16.7 Å². The maximum absolute atomic E-state index is 6.82. The highest BCUT2D eigenvalue weighted by Gasteiger charge is 2.20. The Balaban J connectivity index is 1.96. The molecular formula is C21H13Br2ClN2. The first-order valence-electron chi connectivity index (χ1n) is 7.99. The molecule has 0 spiro atoms. The summed E-state index contributed by atoms with van der Waals surface area (Å²) in [5.74, 6) is 0. The minimum absolute atomic E-state index is 0.637. The minimum Gasteiger partial charge on any atom is -0.231 e. The molecule has 0 aliphatic carbocycles. The van der Waals surface area contributed by atoms with E-state index in [1.165, 1.54) is 0 Å². The van der Waals surface area contributed by atoms with Crippen LogP contribution in [0.4, 0.5) is 0 Å². The SMILES string of the molecule is Clc1c(-c2ccc(Br)cc2)nn(-c2ccccc2)c1-c1ccc(Br)cc1. The van der Waals surface area contributed by atoms with Crippen LogP contribution >= 0.6 is 43.5 Å². The van der Waals surface area contributed by atoms with E-state index in [0.717, 1.165) is 37.1 Å². The largest absolute Gasteiger partial charge is 0.231 e. The molecule has 0 bridgehead atoms. The van der Waals surface area contributed by atoms with Crippen LogP contribution in [0.5, 0.6) is 0 Å². The maximum Gasteiger partial charge on any atom is 0.112 e. The number of para-hydroxylation sites is 1. The van der Waals surface area contributed by atoms with Crippen LogP contribution in [-0.4, -0.2) is 9.78 Å². The lowest BCUT2D eigenvalue weighted by Gasteiger charge is -2.08. The fourth-order valence-corrected chi connectivity index (χ4v) is 3.67. The molecule has 0 aliphatic heterocycles. The second-order valence-corrected chi connectivity index (χ2v) is 7.98. The van der Waals surface area contributed by atoms with E-state index in [1.54, 1.807) is 0 Å². The molecule has 0 amide bonds. The molecule has 2 nitrogen and oxygen atoms in total. The van der Waals surface area contributed by atoms with Gasteiger partial charge in [0.25, 0.3) is 0 Å². The van der Waals surface area contributed by atoms with Crippen molar-refractivity contribution in [3.05, 3.63) is 92.8 Å². The van der Waals surface area contributed by atoms with Gasteiger partial charge in [-0.2, -0.15) is 5.10 Å².